The molecule has 0 aromatic carbocycles. The molecule has 4 heterocycles. The van der Waals surface area contributed by atoms with Gasteiger partial charge in [0.25, 0.3) is 5.78 Å². The second-order valence-corrected chi connectivity index (χ2v) is 7.56. The molecule has 0 radical (unpaired) electrons. The number of amides is 2. The summed E-state index contributed by atoms with van der Waals surface area (Å²) >= 11 is 0. The van der Waals surface area contributed by atoms with Crippen LogP contribution in [0.5, 0.6) is 0 Å². The van der Waals surface area contributed by atoms with Crippen molar-refractivity contribution < 1.29 is 14.3 Å². The van der Waals surface area contributed by atoms with Crippen LogP contribution < -0.4 is 0 Å². The number of likely N-dealkylation sites (tertiary alicyclic amines) is 1. The number of fused-ring (bicyclic) bond motifs is 1. The number of aromatic nitrogens is 4. The summed E-state index contributed by atoms with van der Waals surface area (Å²) in [7, 11) is 1.73. The molecule has 2 aromatic heterocycles. The third-order valence-corrected chi connectivity index (χ3v) is 5.61. The van der Waals surface area contributed by atoms with E-state index in [2.05, 4.69) is 15.1 Å². The number of likely N-dealkylation sites (N-methyl/N-ethyl adjacent to an activating group) is 1. The van der Waals surface area contributed by atoms with Gasteiger partial charge in [-0.3, -0.25) is 4.79 Å². The van der Waals surface area contributed by atoms with Gasteiger partial charge in [0.2, 0.25) is 5.91 Å². The standard InChI is InChI=1S/C18H24N6O3/c1-12-14(13(2)24-16(21-12)19-11-20-24)5-6-15(25)23-8-4-7-18(10-23)9-22(3)17(26)27-18/h11H,4-10H2,1-3H3. The fourth-order valence-corrected chi connectivity index (χ4v) is 4.22. The van der Waals surface area contributed by atoms with Crippen molar-refractivity contribution in [1.82, 2.24) is 29.4 Å². The summed E-state index contributed by atoms with van der Waals surface area (Å²) in [6.07, 6.45) is 3.82. The number of carbonyl (C=O) groups is 2. The number of piperidine rings is 1. The topological polar surface area (TPSA) is 92.9 Å². The van der Waals surface area contributed by atoms with Gasteiger partial charge in [-0.1, -0.05) is 0 Å². The second-order valence-electron chi connectivity index (χ2n) is 7.56. The maximum Gasteiger partial charge on any atom is 0.410 e. The predicted molar refractivity (Wildman–Crippen MR) is 96.2 cm³/mol. The molecular weight excluding hydrogens is 348 g/mol. The fraction of sp³-hybridized carbons (Fsp3) is 0.611. The van der Waals surface area contributed by atoms with Crippen LogP contribution in [0, 0.1) is 13.8 Å². The SMILES string of the molecule is Cc1nc2ncnn2c(C)c1CCC(=O)N1CCCC2(CN(C)C(=O)O2)C1. The highest BCUT2D eigenvalue weighted by atomic mass is 16.6. The summed E-state index contributed by atoms with van der Waals surface area (Å²) < 4.78 is 7.29. The van der Waals surface area contributed by atoms with Crippen molar-refractivity contribution in [2.45, 2.75) is 45.1 Å². The van der Waals surface area contributed by atoms with Gasteiger partial charge in [0, 0.05) is 31.4 Å². The average molecular weight is 372 g/mol. The molecule has 2 aliphatic rings. The van der Waals surface area contributed by atoms with Gasteiger partial charge < -0.3 is 14.5 Å². The molecule has 0 saturated carbocycles. The third kappa shape index (κ3) is 3.11. The van der Waals surface area contributed by atoms with Crippen molar-refractivity contribution in [2.24, 2.45) is 0 Å². The molecule has 2 fully saturated rings. The zero-order chi connectivity index (χ0) is 19.2. The summed E-state index contributed by atoms with van der Waals surface area (Å²) in [5, 5.41) is 4.19. The molecule has 2 aromatic rings. The largest absolute Gasteiger partial charge is 0.439 e. The summed E-state index contributed by atoms with van der Waals surface area (Å²) in [6.45, 7) is 5.63. The van der Waals surface area contributed by atoms with Crippen molar-refractivity contribution in [1.29, 1.82) is 0 Å². The highest BCUT2D eigenvalue weighted by molar-refractivity contribution is 5.77. The first-order valence-corrected chi connectivity index (χ1v) is 9.26. The highest BCUT2D eigenvalue weighted by Crippen LogP contribution is 2.31. The van der Waals surface area contributed by atoms with Crippen LogP contribution in [-0.4, -0.2) is 73.7 Å². The Bertz CT molecular complexity index is 910. The molecule has 2 saturated heterocycles. The van der Waals surface area contributed by atoms with Gasteiger partial charge in [0.15, 0.2) is 0 Å². The quantitative estimate of drug-likeness (QED) is 0.801. The normalized spacial score (nSPS) is 22.7. The molecule has 2 aliphatic heterocycles. The molecule has 4 rings (SSSR count). The van der Waals surface area contributed by atoms with Crippen molar-refractivity contribution >= 4 is 17.8 Å². The summed E-state index contributed by atoms with van der Waals surface area (Å²) in [5.41, 5.74) is 2.32. The Kier molecular flexibility index (Phi) is 4.24. The number of rotatable bonds is 3. The minimum atomic E-state index is -0.549. The van der Waals surface area contributed by atoms with E-state index < -0.39 is 5.60 Å². The van der Waals surface area contributed by atoms with E-state index in [1.807, 2.05) is 18.7 Å². The zero-order valence-corrected chi connectivity index (χ0v) is 15.9. The van der Waals surface area contributed by atoms with E-state index in [1.165, 1.54) is 6.33 Å². The third-order valence-electron chi connectivity index (χ3n) is 5.61. The first kappa shape index (κ1) is 17.7. The van der Waals surface area contributed by atoms with Crippen molar-refractivity contribution in [3.63, 3.8) is 0 Å². The first-order chi connectivity index (χ1) is 12.9. The Balaban J connectivity index is 1.45. The highest BCUT2D eigenvalue weighted by Gasteiger charge is 2.47. The van der Waals surface area contributed by atoms with Gasteiger partial charge in [-0.05, 0) is 38.7 Å². The van der Waals surface area contributed by atoms with Crippen LogP contribution >= 0.6 is 0 Å². The minimum Gasteiger partial charge on any atom is -0.439 e. The van der Waals surface area contributed by atoms with Crippen LogP contribution in [0.3, 0.4) is 0 Å². The fourth-order valence-electron chi connectivity index (χ4n) is 4.22. The van der Waals surface area contributed by atoms with Gasteiger partial charge in [-0.2, -0.15) is 10.1 Å². The van der Waals surface area contributed by atoms with Crippen molar-refractivity contribution in [3.8, 4) is 0 Å². The van der Waals surface area contributed by atoms with E-state index in [-0.39, 0.29) is 12.0 Å². The number of hydrogen-bond donors (Lipinski definition) is 0. The lowest BCUT2D eigenvalue weighted by Crippen LogP contribution is -2.52. The van der Waals surface area contributed by atoms with E-state index >= 15 is 0 Å². The van der Waals surface area contributed by atoms with Crippen LogP contribution in [-0.2, 0) is 16.0 Å². The number of nitrogens with zero attached hydrogens (tertiary/aromatic N) is 6. The van der Waals surface area contributed by atoms with E-state index in [4.69, 9.17) is 4.74 Å². The molecule has 144 valence electrons. The molecule has 9 heteroatoms. The first-order valence-electron chi connectivity index (χ1n) is 9.26. The molecule has 9 nitrogen and oxygen atoms in total. The maximum absolute atomic E-state index is 12.8. The molecule has 1 unspecified atom stereocenters. The van der Waals surface area contributed by atoms with Gasteiger partial charge in [0.1, 0.15) is 11.9 Å². The van der Waals surface area contributed by atoms with Crippen LogP contribution in [0.2, 0.25) is 0 Å². The van der Waals surface area contributed by atoms with Crippen LogP contribution in [0.25, 0.3) is 5.78 Å². The van der Waals surface area contributed by atoms with E-state index in [1.54, 1.807) is 16.5 Å². The van der Waals surface area contributed by atoms with E-state index in [0.717, 1.165) is 29.8 Å². The maximum atomic E-state index is 12.8. The molecule has 2 amide bonds. The lowest BCUT2D eigenvalue weighted by molar-refractivity contribution is -0.136. The van der Waals surface area contributed by atoms with Gasteiger partial charge >= 0.3 is 6.09 Å². The Morgan fingerprint density at radius 2 is 2.15 bits per heavy atom. The number of ether oxygens (including phenoxy) is 1. The van der Waals surface area contributed by atoms with Crippen LogP contribution in [0.1, 0.15) is 36.2 Å². The summed E-state index contributed by atoms with van der Waals surface area (Å²) in [6, 6.07) is 0. The average Bonchev–Trinajstić information content (AvgIpc) is 3.19. The van der Waals surface area contributed by atoms with E-state index in [9.17, 15) is 9.59 Å². The lowest BCUT2D eigenvalue weighted by Gasteiger charge is -2.38. The molecular formula is C18H24N6O3. The van der Waals surface area contributed by atoms with E-state index in [0.29, 0.717) is 38.3 Å². The Morgan fingerprint density at radius 1 is 1.33 bits per heavy atom. The summed E-state index contributed by atoms with van der Waals surface area (Å²) in [4.78, 5) is 36.6. The Hall–Kier alpha value is -2.71. The predicted octanol–water partition coefficient (Wildman–Crippen LogP) is 1.12. The monoisotopic (exact) mass is 372 g/mol. The van der Waals surface area contributed by atoms with Gasteiger partial charge in [-0.25, -0.2) is 14.3 Å². The number of hydrogen-bond acceptors (Lipinski definition) is 6. The Morgan fingerprint density at radius 3 is 2.89 bits per heavy atom. The molecule has 27 heavy (non-hydrogen) atoms. The minimum absolute atomic E-state index is 0.0807. The van der Waals surface area contributed by atoms with Crippen molar-refractivity contribution in [3.05, 3.63) is 23.3 Å². The second kappa shape index (κ2) is 6.47. The molecule has 1 spiro atoms. The lowest BCUT2D eigenvalue weighted by atomic mass is 9.92. The molecule has 0 N–H and O–H groups in total. The van der Waals surface area contributed by atoms with Gasteiger partial charge in [-0.15, -0.1) is 0 Å². The van der Waals surface area contributed by atoms with Crippen LogP contribution in [0.15, 0.2) is 6.33 Å². The number of carbonyl (C=O) groups excluding carboxylic acids is 2. The molecule has 0 bridgehead atoms. The smallest absolute Gasteiger partial charge is 0.410 e. The Labute approximate surface area is 157 Å². The molecule has 1 atom stereocenters. The van der Waals surface area contributed by atoms with Crippen LogP contribution in [0.4, 0.5) is 4.79 Å². The van der Waals surface area contributed by atoms with Crippen molar-refractivity contribution in [2.75, 3.05) is 26.7 Å². The number of aryl methyl sites for hydroxylation is 2. The molecule has 0 aliphatic carbocycles. The zero-order valence-electron chi connectivity index (χ0n) is 15.9. The van der Waals surface area contributed by atoms with Gasteiger partial charge in [0.05, 0.1) is 13.1 Å². The summed E-state index contributed by atoms with van der Waals surface area (Å²) in [5.74, 6) is 0.655.